The van der Waals surface area contributed by atoms with Crippen molar-refractivity contribution in [2.45, 2.75) is 32.8 Å². The molecule has 3 aromatic carbocycles. The Hall–Kier alpha value is -2.75. The van der Waals surface area contributed by atoms with Gasteiger partial charge in [0.1, 0.15) is 12.2 Å². The van der Waals surface area contributed by atoms with E-state index in [1.165, 1.54) is 5.56 Å². The zero-order chi connectivity index (χ0) is 22.2. The summed E-state index contributed by atoms with van der Waals surface area (Å²) in [5.41, 5.74) is 2.85. The first-order chi connectivity index (χ1) is 14.8. The van der Waals surface area contributed by atoms with Crippen LogP contribution in [0.5, 0.6) is 5.75 Å². The minimum atomic E-state index is -0.236. The van der Waals surface area contributed by atoms with E-state index in [0.29, 0.717) is 32.3 Å². The first-order valence-electron chi connectivity index (χ1n) is 9.98. The molecule has 3 nitrogen and oxygen atoms in total. The topological polar surface area (TPSA) is 39.4 Å². The lowest BCUT2D eigenvalue weighted by Gasteiger charge is -2.19. The van der Waals surface area contributed by atoms with Crippen LogP contribution in [0.1, 0.15) is 31.9 Å². The summed E-state index contributed by atoms with van der Waals surface area (Å²) in [5.74, 6) is 0.519. The number of ether oxygens (including phenoxy) is 1. The summed E-state index contributed by atoms with van der Waals surface area (Å²) in [4.78, 5) is 13.3. The summed E-state index contributed by atoms with van der Waals surface area (Å²) in [6.07, 6.45) is 0. The zero-order valence-corrected chi connectivity index (χ0v) is 19.1. The van der Waals surface area contributed by atoms with Gasteiger partial charge in [0.2, 0.25) is 11.2 Å². The van der Waals surface area contributed by atoms with Crippen LogP contribution in [-0.4, -0.2) is 0 Å². The Morgan fingerprint density at radius 2 is 1.52 bits per heavy atom. The predicted octanol–water partition coefficient (Wildman–Crippen LogP) is 7.64. The van der Waals surface area contributed by atoms with Crippen molar-refractivity contribution in [3.63, 3.8) is 0 Å². The maximum absolute atomic E-state index is 13.3. The summed E-state index contributed by atoms with van der Waals surface area (Å²) >= 11 is 12.6. The van der Waals surface area contributed by atoms with E-state index < -0.39 is 0 Å². The van der Waals surface area contributed by atoms with Gasteiger partial charge < -0.3 is 9.15 Å². The zero-order valence-electron chi connectivity index (χ0n) is 17.5. The maximum atomic E-state index is 13.3. The SMILES string of the molecule is CC(C)(C)c1ccc(-c2oc3ccccc3c(=O)c2OCc2c(Cl)cccc2Cl)cc1. The monoisotopic (exact) mass is 452 g/mol. The molecule has 5 heteroatoms. The fourth-order valence-corrected chi connectivity index (χ4v) is 3.89. The molecule has 0 saturated heterocycles. The number of halogens is 2. The molecule has 31 heavy (non-hydrogen) atoms. The predicted molar refractivity (Wildman–Crippen MR) is 127 cm³/mol. The van der Waals surface area contributed by atoms with E-state index in [-0.39, 0.29) is 23.2 Å². The number of rotatable bonds is 4. The summed E-state index contributed by atoms with van der Waals surface area (Å²) in [6, 6.07) is 20.3. The van der Waals surface area contributed by atoms with Crippen LogP contribution < -0.4 is 10.2 Å². The number of fused-ring (bicyclic) bond motifs is 1. The molecule has 4 rings (SSSR count). The van der Waals surface area contributed by atoms with Crippen LogP contribution in [0.2, 0.25) is 10.0 Å². The van der Waals surface area contributed by atoms with Crippen molar-refractivity contribution in [2.75, 3.05) is 0 Å². The molecule has 0 aliphatic rings. The molecule has 0 unspecified atom stereocenters. The van der Waals surface area contributed by atoms with Crippen LogP contribution in [-0.2, 0) is 12.0 Å². The number of hydrogen-bond acceptors (Lipinski definition) is 3. The normalized spacial score (nSPS) is 11.6. The second kappa shape index (κ2) is 8.41. The molecular formula is C26H22Cl2O3. The van der Waals surface area contributed by atoms with Gasteiger partial charge in [-0.15, -0.1) is 0 Å². The summed E-state index contributed by atoms with van der Waals surface area (Å²) in [7, 11) is 0. The van der Waals surface area contributed by atoms with E-state index in [9.17, 15) is 4.79 Å². The van der Waals surface area contributed by atoms with Crippen molar-refractivity contribution < 1.29 is 9.15 Å². The number of para-hydroxylation sites is 1. The molecule has 0 saturated carbocycles. The molecule has 0 aliphatic heterocycles. The van der Waals surface area contributed by atoms with Gasteiger partial charge in [0.05, 0.1) is 5.39 Å². The molecule has 0 fully saturated rings. The van der Waals surface area contributed by atoms with Crippen molar-refractivity contribution in [3.8, 4) is 17.1 Å². The molecule has 0 radical (unpaired) electrons. The molecule has 0 atom stereocenters. The van der Waals surface area contributed by atoms with Crippen LogP contribution in [0.3, 0.4) is 0 Å². The Balaban J connectivity index is 1.83. The van der Waals surface area contributed by atoms with Crippen LogP contribution >= 0.6 is 23.2 Å². The summed E-state index contributed by atoms with van der Waals surface area (Å²) in [5, 5.41) is 1.42. The Kier molecular flexibility index (Phi) is 5.83. The molecule has 4 aromatic rings. The van der Waals surface area contributed by atoms with Crippen LogP contribution in [0.4, 0.5) is 0 Å². The molecule has 0 N–H and O–H groups in total. The van der Waals surface area contributed by atoms with Crippen molar-refractivity contribution >= 4 is 34.2 Å². The van der Waals surface area contributed by atoms with Crippen LogP contribution in [0.25, 0.3) is 22.3 Å². The Morgan fingerprint density at radius 1 is 0.871 bits per heavy atom. The van der Waals surface area contributed by atoms with Crippen molar-refractivity contribution in [3.05, 3.63) is 98.1 Å². The van der Waals surface area contributed by atoms with E-state index in [0.717, 1.165) is 5.56 Å². The van der Waals surface area contributed by atoms with Crippen molar-refractivity contribution in [1.29, 1.82) is 0 Å². The van der Waals surface area contributed by atoms with Gasteiger partial charge in [-0.3, -0.25) is 4.79 Å². The van der Waals surface area contributed by atoms with E-state index >= 15 is 0 Å². The molecule has 0 spiro atoms. The van der Waals surface area contributed by atoms with Gasteiger partial charge in [-0.2, -0.15) is 0 Å². The third kappa shape index (κ3) is 4.34. The summed E-state index contributed by atoms with van der Waals surface area (Å²) < 4.78 is 12.1. The van der Waals surface area contributed by atoms with Crippen molar-refractivity contribution in [1.82, 2.24) is 0 Å². The quantitative estimate of drug-likeness (QED) is 0.319. The average molecular weight is 453 g/mol. The highest BCUT2D eigenvalue weighted by molar-refractivity contribution is 6.35. The van der Waals surface area contributed by atoms with Gasteiger partial charge in [0.15, 0.2) is 5.76 Å². The number of benzene rings is 3. The fourth-order valence-electron chi connectivity index (χ4n) is 3.38. The van der Waals surface area contributed by atoms with Gasteiger partial charge in [0, 0.05) is 21.2 Å². The fraction of sp³-hybridized carbons (Fsp3) is 0.192. The smallest absolute Gasteiger partial charge is 0.235 e. The van der Waals surface area contributed by atoms with E-state index in [1.807, 2.05) is 30.3 Å². The molecule has 158 valence electrons. The van der Waals surface area contributed by atoms with Gasteiger partial charge in [0.25, 0.3) is 0 Å². The second-order valence-corrected chi connectivity index (χ2v) is 9.22. The molecular weight excluding hydrogens is 431 g/mol. The van der Waals surface area contributed by atoms with Gasteiger partial charge in [-0.25, -0.2) is 0 Å². The lowest BCUT2D eigenvalue weighted by molar-refractivity contribution is 0.298. The van der Waals surface area contributed by atoms with Gasteiger partial charge in [-0.1, -0.05) is 86.4 Å². The van der Waals surface area contributed by atoms with Gasteiger partial charge >= 0.3 is 0 Å². The van der Waals surface area contributed by atoms with Crippen molar-refractivity contribution in [2.24, 2.45) is 0 Å². The first kappa shape index (κ1) is 21.5. The van der Waals surface area contributed by atoms with Crippen LogP contribution in [0, 0.1) is 0 Å². The number of hydrogen-bond donors (Lipinski definition) is 0. The summed E-state index contributed by atoms with van der Waals surface area (Å²) in [6.45, 7) is 6.51. The molecule has 0 bridgehead atoms. The van der Waals surface area contributed by atoms with E-state index in [4.69, 9.17) is 32.4 Å². The van der Waals surface area contributed by atoms with E-state index in [2.05, 4.69) is 20.8 Å². The lowest BCUT2D eigenvalue weighted by atomic mass is 9.86. The third-order valence-electron chi connectivity index (χ3n) is 5.19. The Bertz CT molecular complexity index is 1280. The minimum Gasteiger partial charge on any atom is -0.481 e. The second-order valence-electron chi connectivity index (χ2n) is 8.40. The highest BCUT2D eigenvalue weighted by Gasteiger charge is 2.20. The first-order valence-corrected chi connectivity index (χ1v) is 10.7. The molecule has 0 amide bonds. The van der Waals surface area contributed by atoms with E-state index in [1.54, 1.807) is 36.4 Å². The highest BCUT2D eigenvalue weighted by atomic mass is 35.5. The molecule has 0 aliphatic carbocycles. The van der Waals surface area contributed by atoms with Crippen LogP contribution in [0.15, 0.2) is 75.9 Å². The average Bonchev–Trinajstić information content (AvgIpc) is 2.74. The van der Waals surface area contributed by atoms with Gasteiger partial charge in [-0.05, 0) is 35.2 Å². The minimum absolute atomic E-state index is 0.0168. The highest BCUT2D eigenvalue weighted by Crippen LogP contribution is 2.34. The molecule has 1 heterocycles. The standard InChI is InChI=1S/C26H22Cl2O3/c1-26(2,3)17-13-11-16(12-14-17)24-25(23(29)18-7-4-5-10-22(18)31-24)30-15-19-20(27)8-6-9-21(19)28/h4-14H,15H2,1-3H3. The Labute approximate surface area is 191 Å². The lowest BCUT2D eigenvalue weighted by Crippen LogP contribution is -2.12. The maximum Gasteiger partial charge on any atom is 0.235 e. The Morgan fingerprint density at radius 3 is 2.16 bits per heavy atom. The third-order valence-corrected chi connectivity index (χ3v) is 5.90. The molecule has 1 aromatic heterocycles. The largest absolute Gasteiger partial charge is 0.481 e.